The van der Waals surface area contributed by atoms with Crippen LogP contribution in [0.25, 0.3) is 0 Å². The lowest BCUT2D eigenvalue weighted by Crippen LogP contribution is -2.48. The van der Waals surface area contributed by atoms with Crippen LogP contribution in [0.4, 0.5) is 10.5 Å². The van der Waals surface area contributed by atoms with Crippen LogP contribution >= 0.6 is 11.6 Å². The number of nitrogens with one attached hydrogen (secondary N) is 2. The Morgan fingerprint density at radius 3 is 2.72 bits per heavy atom. The number of rotatable bonds is 5. The summed E-state index contributed by atoms with van der Waals surface area (Å²) in [5.41, 5.74) is 0.326. The average Bonchev–Trinajstić information content (AvgIpc) is 2.84. The zero-order chi connectivity index (χ0) is 18.7. The second kappa shape index (κ2) is 7.52. The van der Waals surface area contributed by atoms with Crippen molar-refractivity contribution in [2.45, 2.75) is 51.7 Å². The van der Waals surface area contributed by atoms with E-state index in [1.165, 1.54) is 0 Å². The number of hydrogen-bond donors (Lipinski definition) is 2. The third kappa shape index (κ3) is 5.01. The summed E-state index contributed by atoms with van der Waals surface area (Å²) in [5.74, 6) is -0.340. The topological polar surface area (TPSA) is 76.7 Å². The van der Waals surface area contributed by atoms with E-state index in [0.29, 0.717) is 24.5 Å². The molecule has 1 heterocycles. The smallest absolute Gasteiger partial charge is 0.407 e. The number of benzene rings is 1. The Hall–Kier alpha value is -1.95. The summed E-state index contributed by atoms with van der Waals surface area (Å²) in [6, 6.07) is 5.48. The van der Waals surface area contributed by atoms with Crippen molar-refractivity contribution in [2.75, 3.05) is 18.5 Å². The maximum atomic E-state index is 12.6. The van der Waals surface area contributed by atoms with Crippen LogP contribution in [0.1, 0.15) is 39.7 Å². The first kappa shape index (κ1) is 19.4. The highest BCUT2D eigenvalue weighted by atomic mass is 35.5. The van der Waals surface area contributed by atoms with Gasteiger partial charge in [-0.1, -0.05) is 17.7 Å². The first-order valence-electron chi connectivity index (χ1n) is 8.36. The van der Waals surface area contributed by atoms with Crippen LogP contribution in [0, 0.1) is 0 Å². The molecule has 0 fully saturated rings. The lowest BCUT2D eigenvalue weighted by atomic mass is 9.91. The van der Waals surface area contributed by atoms with E-state index >= 15 is 0 Å². The molecule has 1 atom stereocenters. The van der Waals surface area contributed by atoms with Gasteiger partial charge in [0.25, 0.3) is 0 Å². The van der Waals surface area contributed by atoms with Crippen molar-refractivity contribution in [2.24, 2.45) is 0 Å². The number of hydrogen-bond acceptors (Lipinski definition) is 5. The minimum atomic E-state index is -0.919. The molecule has 1 aliphatic rings. The van der Waals surface area contributed by atoms with Gasteiger partial charge in [-0.2, -0.15) is 0 Å². The maximum absolute atomic E-state index is 12.6. The maximum Gasteiger partial charge on any atom is 0.407 e. The molecule has 25 heavy (non-hydrogen) atoms. The molecule has 0 aliphatic carbocycles. The standard InChI is InChI=1S/C18H25ClN2O4/c1-5-24-15(22)18(8-9-20-16(23)25-17(2,3)4)11-12-6-7-13(19)10-14(12)21-18/h6-7,10,21H,5,8-9,11H2,1-4H3,(H,20,23). The van der Waals surface area contributed by atoms with Crippen molar-refractivity contribution in [3.05, 3.63) is 28.8 Å². The Bertz CT molecular complexity index is 657. The molecule has 0 spiro atoms. The van der Waals surface area contributed by atoms with Crippen molar-refractivity contribution < 1.29 is 19.1 Å². The van der Waals surface area contributed by atoms with Crippen molar-refractivity contribution in [3.63, 3.8) is 0 Å². The minimum Gasteiger partial charge on any atom is -0.464 e. The van der Waals surface area contributed by atoms with Gasteiger partial charge in [-0.25, -0.2) is 9.59 Å². The van der Waals surface area contributed by atoms with Crippen LogP contribution in [-0.2, 0) is 20.7 Å². The molecule has 7 heteroatoms. The van der Waals surface area contributed by atoms with Gasteiger partial charge < -0.3 is 20.1 Å². The largest absolute Gasteiger partial charge is 0.464 e. The van der Waals surface area contributed by atoms with Gasteiger partial charge in [-0.15, -0.1) is 0 Å². The van der Waals surface area contributed by atoms with E-state index in [1.807, 2.05) is 6.07 Å². The average molecular weight is 369 g/mol. The Morgan fingerprint density at radius 2 is 2.08 bits per heavy atom. The number of carbonyl (C=O) groups is 2. The summed E-state index contributed by atoms with van der Waals surface area (Å²) in [4.78, 5) is 24.4. The molecule has 0 radical (unpaired) electrons. The SMILES string of the molecule is CCOC(=O)C1(CCNC(=O)OC(C)(C)C)Cc2ccc(Cl)cc2N1. The van der Waals surface area contributed by atoms with Crippen molar-refractivity contribution in [3.8, 4) is 0 Å². The fraction of sp³-hybridized carbons (Fsp3) is 0.556. The Morgan fingerprint density at radius 1 is 1.36 bits per heavy atom. The van der Waals surface area contributed by atoms with Crippen molar-refractivity contribution in [1.29, 1.82) is 0 Å². The summed E-state index contributed by atoms with van der Waals surface area (Å²) < 4.78 is 10.5. The summed E-state index contributed by atoms with van der Waals surface area (Å²) in [6.07, 6.45) is 0.344. The number of fused-ring (bicyclic) bond motifs is 1. The molecule has 138 valence electrons. The fourth-order valence-corrected chi connectivity index (χ4v) is 2.96. The quantitative estimate of drug-likeness (QED) is 0.777. The molecule has 2 N–H and O–H groups in total. The first-order chi connectivity index (χ1) is 11.6. The molecule has 1 amide bonds. The highest BCUT2D eigenvalue weighted by molar-refractivity contribution is 6.30. The zero-order valence-electron chi connectivity index (χ0n) is 15.1. The fourth-order valence-electron chi connectivity index (χ4n) is 2.78. The van der Waals surface area contributed by atoms with Gasteiger partial charge in [0.1, 0.15) is 11.1 Å². The summed E-state index contributed by atoms with van der Waals surface area (Å²) in [7, 11) is 0. The van der Waals surface area contributed by atoms with Crippen LogP contribution < -0.4 is 10.6 Å². The monoisotopic (exact) mass is 368 g/mol. The van der Waals surface area contributed by atoms with Crippen LogP contribution in [-0.4, -0.2) is 36.4 Å². The zero-order valence-corrected chi connectivity index (χ0v) is 15.8. The van der Waals surface area contributed by atoms with Gasteiger partial charge in [-0.3, -0.25) is 0 Å². The van der Waals surface area contributed by atoms with Gasteiger partial charge in [0.15, 0.2) is 0 Å². The number of alkyl carbamates (subject to hydrolysis) is 1. The second-order valence-corrected chi connectivity index (χ2v) is 7.52. The highest BCUT2D eigenvalue weighted by Crippen LogP contribution is 2.37. The van der Waals surface area contributed by atoms with Gasteiger partial charge in [-0.05, 0) is 51.8 Å². The molecular weight excluding hydrogens is 344 g/mol. The Kier molecular flexibility index (Phi) is 5.83. The van der Waals surface area contributed by atoms with Crippen LogP contribution in [0.2, 0.25) is 5.02 Å². The molecule has 2 rings (SSSR count). The molecule has 1 unspecified atom stereocenters. The molecule has 6 nitrogen and oxygen atoms in total. The first-order valence-corrected chi connectivity index (χ1v) is 8.74. The van der Waals surface area contributed by atoms with Crippen molar-refractivity contribution >= 4 is 29.4 Å². The van der Waals surface area contributed by atoms with E-state index in [9.17, 15) is 9.59 Å². The third-order valence-electron chi connectivity index (χ3n) is 3.82. The van der Waals surface area contributed by atoms with Crippen LogP contribution in [0.3, 0.4) is 0 Å². The van der Waals surface area contributed by atoms with E-state index in [-0.39, 0.29) is 12.5 Å². The number of anilines is 1. The molecule has 1 aromatic carbocycles. The molecule has 0 saturated heterocycles. The number of carbonyl (C=O) groups excluding carboxylic acids is 2. The van der Waals surface area contributed by atoms with Gasteiger partial charge >= 0.3 is 12.1 Å². The number of esters is 1. The molecule has 0 bridgehead atoms. The van der Waals surface area contributed by atoms with Crippen LogP contribution in [0.15, 0.2) is 18.2 Å². The van der Waals surface area contributed by atoms with E-state index in [1.54, 1.807) is 39.8 Å². The Labute approximate surface area is 153 Å². The second-order valence-electron chi connectivity index (χ2n) is 7.08. The molecular formula is C18H25ClN2O4. The molecule has 0 aromatic heterocycles. The summed E-state index contributed by atoms with van der Waals surface area (Å²) >= 11 is 6.03. The lowest BCUT2D eigenvalue weighted by Gasteiger charge is -2.28. The number of halogens is 1. The van der Waals surface area contributed by atoms with Gasteiger partial charge in [0, 0.05) is 23.7 Å². The van der Waals surface area contributed by atoms with E-state index in [0.717, 1.165) is 11.3 Å². The third-order valence-corrected chi connectivity index (χ3v) is 4.06. The van der Waals surface area contributed by atoms with E-state index in [4.69, 9.17) is 21.1 Å². The van der Waals surface area contributed by atoms with Gasteiger partial charge in [0.05, 0.1) is 6.61 Å². The number of ether oxygens (including phenoxy) is 2. The molecule has 1 aliphatic heterocycles. The predicted octanol–water partition coefficient (Wildman–Crippen LogP) is 3.52. The Balaban J connectivity index is 2.06. The normalized spacial score (nSPS) is 18.9. The predicted molar refractivity (Wildman–Crippen MR) is 97.0 cm³/mol. The van der Waals surface area contributed by atoms with Crippen LogP contribution in [0.5, 0.6) is 0 Å². The summed E-state index contributed by atoms with van der Waals surface area (Å²) in [5, 5.41) is 6.53. The molecule has 1 aromatic rings. The van der Waals surface area contributed by atoms with Gasteiger partial charge in [0.2, 0.25) is 0 Å². The van der Waals surface area contributed by atoms with Crippen molar-refractivity contribution in [1.82, 2.24) is 5.32 Å². The highest BCUT2D eigenvalue weighted by Gasteiger charge is 2.44. The van der Waals surface area contributed by atoms with E-state index in [2.05, 4.69) is 10.6 Å². The molecule has 0 saturated carbocycles. The number of amides is 1. The minimum absolute atomic E-state index is 0.280. The summed E-state index contributed by atoms with van der Waals surface area (Å²) in [6.45, 7) is 7.73. The van der Waals surface area contributed by atoms with E-state index < -0.39 is 17.2 Å². The lowest BCUT2D eigenvalue weighted by molar-refractivity contribution is -0.148.